The Kier molecular flexibility index (Phi) is 56.0. The van der Waals surface area contributed by atoms with Crippen LogP contribution < -0.4 is 10.6 Å². The van der Waals surface area contributed by atoms with Crippen LogP contribution in [0.15, 0.2) is 106 Å². The van der Waals surface area contributed by atoms with E-state index in [9.17, 15) is 0 Å². The second kappa shape index (κ2) is 53.3. The maximum Gasteiger partial charge on any atom is 0.0520 e. The molecule has 0 saturated heterocycles. The molecule has 2 radical (unpaired) electrons. The smallest absolute Gasteiger partial charge is 0.0520 e. The van der Waals surface area contributed by atoms with Crippen molar-refractivity contribution in [1.82, 2.24) is 9.80 Å². The van der Waals surface area contributed by atoms with Gasteiger partial charge in [-0.15, -0.1) is 11.4 Å². The molecule has 6 nitrogen and oxygen atoms in total. The third kappa shape index (κ3) is 38.9. The van der Waals surface area contributed by atoms with Crippen molar-refractivity contribution in [3.8, 4) is 0 Å². The van der Waals surface area contributed by atoms with Crippen molar-refractivity contribution in [2.75, 3.05) is 26.2 Å². The van der Waals surface area contributed by atoms with Crippen LogP contribution in [0.4, 0.5) is 11.4 Å². The number of hydrogen-bond acceptors (Lipinski definition) is 4. The summed E-state index contributed by atoms with van der Waals surface area (Å²) in [6.07, 6.45) is 15.3. The molecule has 89 heavy (non-hydrogen) atoms. The van der Waals surface area contributed by atoms with Gasteiger partial charge in [0.1, 0.15) is 0 Å². The fourth-order valence-corrected chi connectivity index (χ4v) is 14.0. The van der Waals surface area contributed by atoms with Gasteiger partial charge < -0.3 is 27.7 Å². The molecule has 11 heteroatoms. The molecule has 0 aliphatic carbocycles. The summed E-state index contributed by atoms with van der Waals surface area (Å²) < 4.78 is 0. The summed E-state index contributed by atoms with van der Waals surface area (Å²) in [6, 6.07) is 28.4. The van der Waals surface area contributed by atoms with Gasteiger partial charge >= 0.3 is 0 Å². The first kappa shape index (κ1) is 93.5. The Labute approximate surface area is 603 Å². The first-order valence-electron chi connectivity index (χ1n) is 33.6. The topological polar surface area (TPSA) is 59.4 Å². The van der Waals surface area contributed by atoms with Crippen LogP contribution in [0.3, 0.4) is 0 Å². The number of aliphatic imine (C=N–C) groups is 2. The fraction of sp³-hybridized carbons (Fsp3) is 0.615. The van der Waals surface area contributed by atoms with Crippen LogP contribution in [0.25, 0.3) is 10.6 Å². The number of hydrogen-bond donors (Lipinski definition) is 0. The van der Waals surface area contributed by atoms with Crippen LogP contribution in [-0.4, -0.2) is 88.6 Å². The largest absolute Gasteiger partial charge is 2.00 e. The summed E-state index contributed by atoms with van der Waals surface area (Å²) in [5, 5.41) is 13.0. The molecule has 0 spiro atoms. The molecule has 0 unspecified atom stereocenters. The zero-order valence-electron chi connectivity index (χ0n) is 62.3. The summed E-state index contributed by atoms with van der Waals surface area (Å²) in [4.78, 5) is 14.5. The second-order valence-corrected chi connectivity index (χ2v) is 28.5. The summed E-state index contributed by atoms with van der Waals surface area (Å²) >= 11 is 0. The molecule has 0 aliphatic heterocycles. The molecular weight excluding hydrogens is 1250 g/mol. The predicted octanol–water partition coefficient (Wildman–Crippen LogP) is 24.3. The van der Waals surface area contributed by atoms with E-state index in [2.05, 4.69) is 289 Å². The number of allylic oxidation sites excluding steroid dienone is 4. The van der Waals surface area contributed by atoms with Gasteiger partial charge in [-0.05, 0) is 159 Å². The quantitative estimate of drug-likeness (QED) is 0.0246. The molecule has 0 heterocycles. The molecule has 0 fully saturated rings. The number of benzene rings is 4. The van der Waals surface area contributed by atoms with Gasteiger partial charge in [0.25, 0.3) is 0 Å². The SMILES string of the molecule is CC(/C=C(/C)[N-]c1c(C(C)C)cccc1C(C)C)=NCCN(C(C)C)C(C)C.CC(/C=C(/C)[N-]c1c(C(C)C)cccc1C(C)C)=NCCN(C(C)C)C(C)C.CCCCCC.CCCCCC.Cc1cccc(C)c1P=Pc1c(C)cccc1C.[Sc].[Sc].[Se-2]. The maximum absolute atomic E-state index is 5.01. The van der Waals surface area contributed by atoms with Gasteiger partial charge in [-0.2, -0.15) is 11.4 Å². The average molecular weight is 1380 g/mol. The van der Waals surface area contributed by atoms with E-state index in [1.54, 1.807) is 0 Å². The number of rotatable bonds is 28. The van der Waals surface area contributed by atoms with Gasteiger partial charge in [-0.3, -0.25) is 19.8 Å². The van der Waals surface area contributed by atoms with Gasteiger partial charge in [-0.25, -0.2) is 0 Å². The molecule has 4 aromatic carbocycles. The van der Waals surface area contributed by atoms with Gasteiger partial charge in [0, 0.05) is 111 Å². The van der Waals surface area contributed by atoms with Crippen LogP contribution in [0.2, 0.25) is 0 Å². The zero-order chi connectivity index (χ0) is 65.6. The molecule has 0 aliphatic rings. The van der Waals surface area contributed by atoms with E-state index >= 15 is 0 Å². The minimum absolute atomic E-state index is 0. The number of aryl methyl sites for hydroxylation is 4. The first-order valence-corrected chi connectivity index (χ1v) is 36.1. The van der Waals surface area contributed by atoms with Gasteiger partial charge in [0.2, 0.25) is 0 Å². The van der Waals surface area contributed by atoms with Crippen molar-refractivity contribution in [2.24, 2.45) is 9.98 Å². The van der Waals surface area contributed by atoms with Crippen molar-refractivity contribution in [1.29, 1.82) is 0 Å². The van der Waals surface area contributed by atoms with Gasteiger partial charge in [-0.1, -0.05) is 256 Å². The van der Waals surface area contributed by atoms with E-state index in [-0.39, 0.29) is 68.8 Å². The first-order chi connectivity index (χ1) is 40.5. The Hall–Kier alpha value is -1.92. The van der Waals surface area contributed by atoms with Crippen LogP contribution in [0.1, 0.15) is 286 Å². The monoisotopic (exact) mass is 1380 g/mol. The number of nitrogens with zero attached hydrogens (tertiary/aromatic N) is 6. The molecule has 4 rings (SSSR count). The third-order valence-corrected chi connectivity index (χ3v) is 18.6. The van der Waals surface area contributed by atoms with Crippen molar-refractivity contribution in [2.45, 2.75) is 293 Å². The Balaban J connectivity index is -0.000000555. The van der Waals surface area contributed by atoms with Crippen molar-refractivity contribution in [3.63, 3.8) is 0 Å². The minimum Gasteiger partial charge on any atom is -2.00 e. The van der Waals surface area contributed by atoms with Crippen LogP contribution in [-0.2, 0) is 51.7 Å². The summed E-state index contributed by atoms with van der Waals surface area (Å²) in [6.45, 7) is 65.5. The molecule has 498 valence electrons. The van der Waals surface area contributed by atoms with E-state index in [1.165, 1.54) is 122 Å². The molecule has 0 bridgehead atoms. The van der Waals surface area contributed by atoms with E-state index < -0.39 is 0 Å². The molecule has 0 N–H and O–H groups in total. The fourth-order valence-electron chi connectivity index (χ4n) is 10.3. The average Bonchev–Trinajstić information content (AvgIpc) is 2.31. The Morgan fingerprint density at radius 1 is 0.404 bits per heavy atom. The van der Waals surface area contributed by atoms with E-state index in [0.29, 0.717) is 47.8 Å². The Morgan fingerprint density at radius 3 is 0.831 bits per heavy atom. The molecule has 4 aromatic rings. The van der Waals surface area contributed by atoms with E-state index in [4.69, 9.17) is 20.6 Å². The molecule has 0 amide bonds. The second-order valence-electron chi connectivity index (χ2n) is 26.0. The molecule has 0 atom stereocenters. The van der Waals surface area contributed by atoms with Crippen LogP contribution in [0.5, 0.6) is 0 Å². The zero-order valence-corrected chi connectivity index (χ0v) is 69.4. The van der Waals surface area contributed by atoms with Crippen molar-refractivity contribution < 1.29 is 51.7 Å². The van der Waals surface area contributed by atoms with Gasteiger partial charge in [0.15, 0.2) is 0 Å². The van der Waals surface area contributed by atoms with E-state index in [1.807, 2.05) is 0 Å². The van der Waals surface area contributed by atoms with Crippen LogP contribution in [0, 0.1) is 27.7 Å². The van der Waals surface area contributed by atoms with Crippen molar-refractivity contribution in [3.05, 3.63) is 151 Å². The summed E-state index contributed by atoms with van der Waals surface area (Å²) in [7, 11) is 2.77. The molecule has 0 saturated carbocycles. The third-order valence-electron chi connectivity index (χ3n) is 15.2. The standard InChI is InChI=1S/2C25H42N3.C16H18P2.2C6H14.2Sc.Se/c2*1-17(2)23-12-11-13-24(18(3)4)25(23)27-22(10)16-21(9)26-14-15-28(19(5)6)20(7)8;1-11-7-5-8-12(2)15(11)17-18-16-13(3)9-6-10-14(16)4;2*1-3-5-6-4-2;;;/h2*11-13,16-20H,14-15H2,1-10H3;5-10H,1-4H3;2*3-6H2,1-2H3;;;/q2*-1;;;;;;-2/b2*22-16-,26-21?;;;;;;. The van der Waals surface area contributed by atoms with Crippen molar-refractivity contribution >= 4 is 66.2 Å². The maximum atomic E-state index is 5.01. The summed E-state index contributed by atoms with van der Waals surface area (Å²) in [5.74, 6) is 1.83. The van der Waals surface area contributed by atoms with Gasteiger partial charge in [0.05, 0.1) is 13.1 Å². The summed E-state index contributed by atoms with van der Waals surface area (Å²) in [5.41, 5.74) is 17.3. The Bertz CT molecular complexity index is 2350. The van der Waals surface area contributed by atoms with E-state index in [0.717, 1.165) is 60.4 Å². The number of para-hydroxylation sites is 2. The molecular formula is C78H130N6P2Sc2Se-4. The minimum atomic E-state index is 0. The van der Waals surface area contributed by atoms with Crippen LogP contribution >= 0.6 is 15.7 Å². The predicted molar refractivity (Wildman–Crippen MR) is 403 cm³/mol. The number of unbranched alkanes of at least 4 members (excludes halogenated alkanes) is 6. The molecule has 0 aromatic heterocycles. The normalized spacial score (nSPS) is 12.0. The Morgan fingerprint density at radius 2 is 0.629 bits per heavy atom.